The lowest BCUT2D eigenvalue weighted by atomic mass is 10.2. The number of carbonyl (C=O) groups is 2. The van der Waals surface area contributed by atoms with Crippen molar-refractivity contribution in [1.29, 1.82) is 0 Å². The molecule has 1 heterocycles. The van der Waals surface area contributed by atoms with Crippen molar-refractivity contribution in [1.82, 2.24) is 5.16 Å². The van der Waals surface area contributed by atoms with Crippen molar-refractivity contribution in [2.75, 3.05) is 5.32 Å². The van der Waals surface area contributed by atoms with Gasteiger partial charge in [0.25, 0.3) is 0 Å². The maximum Gasteiger partial charge on any atom is 0.413 e. The van der Waals surface area contributed by atoms with E-state index < -0.39 is 17.7 Å². The molecule has 0 aliphatic heterocycles. The van der Waals surface area contributed by atoms with Crippen molar-refractivity contribution in [3.05, 3.63) is 11.8 Å². The molecule has 88 valence electrons. The molecular formula is C9H12N2O5. The van der Waals surface area contributed by atoms with Gasteiger partial charge in [-0.3, -0.25) is 5.32 Å². The smallest absolute Gasteiger partial charge is 0.413 e. The number of amides is 1. The van der Waals surface area contributed by atoms with Crippen LogP contribution in [0.15, 0.2) is 10.8 Å². The minimum atomic E-state index is -1.24. The van der Waals surface area contributed by atoms with Crippen LogP contribution in [-0.2, 0) is 4.74 Å². The summed E-state index contributed by atoms with van der Waals surface area (Å²) in [6.45, 7) is 5.06. The summed E-state index contributed by atoms with van der Waals surface area (Å²) in [5.41, 5.74) is -0.900. The highest BCUT2D eigenvalue weighted by atomic mass is 16.6. The van der Waals surface area contributed by atoms with Gasteiger partial charge in [0.1, 0.15) is 17.4 Å². The molecule has 16 heavy (non-hydrogen) atoms. The lowest BCUT2D eigenvalue weighted by molar-refractivity contribution is 0.0634. The minimum Gasteiger partial charge on any atom is -0.477 e. The van der Waals surface area contributed by atoms with Gasteiger partial charge in [0, 0.05) is 0 Å². The van der Waals surface area contributed by atoms with Crippen LogP contribution in [0.25, 0.3) is 0 Å². The zero-order valence-corrected chi connectivity index (χ0v) is 9.10. The fraction of sp³-hybridized carbons (Fsp3) is 0.444. The number of nitrogens with one attached hydrogen (secondary N) is 1. The van der Waals surface area contributed by atoms with E-state index in [0.717, 1.165) is 6.26 Å². The maximum absolute atomic E-state index is 11.3. The van der Waals surface area contributed by atoms with Crippen molar-refractivity contribution in [2.24, 2.45) is 0 Å². The fourth-order valence-corrected chi connectivity index (χ4v) is 0.879. The molecule has 1 aromatic rings. The van der Waals surface area contributed by atoms with Crippen molar-refractivity contribution in [3.63, 3.8) is 0 Å². The summed E-state index contributed by atoms with van der Waals surface area (Å²) >= 11 is 0. The van der Waals surface area contributed by atoms with E-state index in [1.54, 1.807) is 20.8 Å². The van der Waals surface area contributed by atoms with E-state index in [-0.39, 0.29) is 11.4 Å². The van der Waals surface area contributed by atoms with Gasteiger partial charge >= 0.3 is 12.1 Å². The third-order valence-electron chi connectivity index (χ3n) is 1.42. The maximum atomic E-state index is 11.3. The number of carboxylic acid groups (broad SMARTS) is 1. The second kappa shape index (κ2) is 4.21. The van der Waals surface area contributed by atoms with Gasteiger partial charge in [0.15, 0.2) is 5.82 Å². The average Bonchev–Trinajstić information content (AvgIpc) is 2.47. The fourth-order valence-electron chi connectivity index (χ4n) is 0.879. The summed E-state index contributed by atoms with van der Waals surface area (Å²) in [6, 6.07) is 0. The Bertz CT molecular complexity index is 404. The van der Waals surface area contributed by atoms with Crippen LogP contribution in [0, 0.1) is 0 Å². The first-order valence-electron chi connectivity index (χ1n) is 4.47. The van der Waals surface area contributed by atoms with Crippen LogP contribution in [0.3, 0.4) is 0 Å². The van der Waals surface area contributed by atoms with Crippen LogP contribution >= 0.6 is 0 Å². The van der Waals surface area contributed by atoms with Gasteiger partial charge < -0.3 is 14.4 Å². The lowest BCUT2D eigenvalue weighted by Gasteiger charge is -2.19. The van der Waals surface area contributed by atoms with Gasteiger partial charge in [0.2, 0.25) is 0 Å². The molecule has 0 spiro atoms. The predicted molar refractivity (Wildman–Crippen MR) is 53.3 cm³/mol. The number of aromatic nitrogens is 1. The summed E-state index contributed by atoms with van der Waals surface area (Å²) in [5, 5.41) is 14.2. The van der Waals surface area contributed by atoms with Gasteiger partial charge in [-0.15, -0.1) is 0 Å². The minimum absolute atomic E-state index is 0.179. The van der Waals surface area contributed by atoms with E-state index >= 15 is 0 Å². The Morgan fingerprint density at radius 2 is 2.12 bits per heavy atom. The molecule has 0 aromatic carbocycles. The molecule has 7 nitrogen and oxygen atoms in total. The predicted octanol–water partition coefficient (Wildman–Crippen LogP) is 1.72. The standard InChI is InChI=1S/C9H12N2O5/c1-9(2,3)16-8(14)10-6-5(7(12)13)4-15-11-6/h4H,1-3H3,(H,12,13)(H,10,11,14). The normalized spacial score (nSPS) is 10.9. The van der Waals surface area contributed by atoms with Crippen molar-refractivity contribution in [2.45, 2.75) is 26.4 Å². The Morgan fingerprint density at radius 1 is 1.50 bits per heavy atom. The molecule has 0 fully saturated rings. The van der Waals surface area contributed by atoms with E-state index in [0.29, 0.717) is 0 Å². The van der Waals surface area contributed by atoms with Crippen molar-refractivity contribution < 1.29 is 24.0 Å². The van der Waals surface area contributed by atoms with Gasteiger partial charge in [0.05, 0.1) is 0 Å². The van der Waals surface area contributed by atoms with Crippen LogP contribution in [0.2, 0.25) is 0 Å². The number of carbonyl (C=O) groups excluding carboxylic acids is 1. The Labute approximate surface area is 91.4 Å². The molecule has 0 saturated carbocycles. The molecule has 0 bridgehead atoms. The zero-order valence-electron chi connectivity index (χ0n) is 9.10. The summed E-state index contributed by atoms with van der Waals surface area (Å²) < 4.78 is 9.36. The van der Waals surface area contributed by atoms with Crippen molar-refractivity contribution in [3.8, 4) is 0 Å². The van der Waals surface area contributed by atoms with Gasteiger partial charge in [-0.25, -0.2) is 9.59 Å². The number of nitrogens with zero attached hydrogens (tertiary/aromatic N) is 1. The van der Waals surface area contributed by atoms with Crippen LogP contribution in [0.5, 0.6) is 0 Å². The van der Waals surface area contributed by atoms with Gasteiger partial charge in [-0.2, -0.15) is 0 Å². The summed E-state index contributed by atoms with van der Waals surface area (Å²) in [5.74, 6) is -1.42. The third-order valence-corrected chi connectivity index (χ3v) is 1.42. The number of anilines is 1. The molecule has 0 unspecified atom stereocenters. The van der Waals surface area contributed by atoms with Crippen molar-refractivity contribution >= 4 is 17.9 Å². The summed E-state index contributed by atoms with van der Waals surface area (Å²) in [4.78, 5) is 22.0. The van der Waals surface area contributed by atoms with E-state index in [2.05, 4.69) is 15.0 Å². The van der Waals surface area contributed by atoms with Gasteiger partial charge in [-0.05, 0) is 20.8 Å². The number of aromatic carboxylic acids is 1. The number of hydrogen-bond acceptors (Lipinski definition) is 5. The van der Waals surface area contributed by atoms with E-state index in [9.17, 15) is 9.59 Å². The molecule has 1 aromatic heterocycles. The third kappa shape index (κ3) is 3.26. The molecule has 7 heteroatoms. The largest absolute Gasteiger partial charge is 0.477 e. The number of hydrogen-bond donors (Lipinski definition) is 2. The van der Waals surface area contributed by atoms with Crippen LogP contribution in [-0.4, -0.2) is 27.9 Å². The monoisotopic (exact) mass is 228 g/mol. The molecule has 0 saturated heterocycles. The molecule has 1 rings (SSSR count). The molecule has 1 amide bonds. The average molecular weight is 228 g/mol. The first-order valence-corrected chi connectivity index (χ1v) is 4.47. The number of ether oxygens (including phenoxy) is 1. The van der Waals surface area contributed by atoms with Crippen LogP contribution in [0.4, 0.5) is 10.6 Å². The highest BCUT2D eigenvalue weighted by Gasteiger charge is 2.21. The Balaban J connectivity index is 2.70. The highest BCUT2D eigenvalue weighted by molar-refractivity contribution is 5.96. The van der Waals surface area contributed by atoms with Gasteiger partial charge in [-0.1, -0.05) is 5.16 Å². The zero-order chi connectivity index (χ0) is 12.3. The molecule has 0 aliphatic carbocycles. The van der Waals surface area contributed by atoms with Crippen LogP contribution < -0.4 is 5.32 Å². The van der Waals surface area contributed by atoms with E-state index in [1.165, 1.54) is 0 Å². The van der Waals surface area contributed by atoms with E-state index in [4.69, 9.17) is 9.84 Å². The highest BCUT2D eigenvalue weighted by Crippen LogP contribution is 2.14. The molecule has 0 radical (unpaired) electrons. The summed E-state index contributed by atoms with van der Waals surface area (Å²) in [6.07, 6.45) is 0.138. The first-order chi connectivity index (χ1) is 7.29. The Morgan fingerprint density at radius 3 is 2.62 bits per heavy atom. The Hall–Kier alpha value is -2.05. The molecule has 2 N–H and O–H groups in total. The second-order valence-electron chi connectivity index (χ2n) is 4.01. The second-order valence-corrected chi connectivity index (χ2v) is 4.01. The lowest BCUT2D eigenvalue weighted by Crippen LogP contribution is -2.27. The topological polar surface area (TPSA) is 102 Å². The number of carboxylic acids is 1. The SMILES string of the molecule is CC(C)(C)OC(=O)Nc1nocc1C(=O)O. The quantitative estimate of drug-likeness (QED) is 0.799. The molecular weight excluding hydrogens is 216 g/mol. The molecule has 0 atom stereocenters. The summed E-state index contributed by atoms with van der Waals surface area (Å²) in [7, 11) is 0. The Kier molecular flexibility index (Phi) is 3.17. The first kappa shape index (κ1) is 12.0. The van der Waals surface area contributed by atoms with E-state index in [1.807, 2.05) is 0 Å². The van der Waals surface area contributed by atoms with Crippen LogP contribution in [0.1, 0.15) is 31.1 Å². The molecule has 0 aliphatic rings. The number of rotatable bonds is 2.